The third-order valence-corrected chi connectivity index (χ3v) is 2.81. The number of nitriles is 1. The lowest BCUT2D eigenvalue weighted by molar-refractivity contribution is 0.632. The molecular weight excluding hydrogens is 276 g/mol. The third-order valence-electron chi connectivity index (χ3n) is 2.19. The lowest BCUT2D eigenvalue weighted by Crippen LogP contribution is -1.98. The van der Waals surface area contributed by atoms with Crippen molar-refractivity contribution in [3.63, 3.8) is 0 Å². The van der Waals surface area contributed by atoms with Crippen molar-refractivity contribution in [2.45, 2.75) is 0 Å². The molecule has 1 heterocycles. The first-order chi connectivity index (χ1) is 8.61. The summed E-state index contributed by atoms with van der Waals surface area (Å²) in [7, 11) is 0. The summed E-state index contributed by atoms with van der Waals surface area (Å²) in [4.78, 5) is 3.95. The van der Waals surface area contributed by atoms with Gasteiger partial charge in [-0.15, -0.1) is 0 Å². The molecule has 0 saturated carbocycles. The van der Waals surface area contributed by atoms with Crippen LogP contribution in [-0.2, 0) is 0 Å². The van der Waals surface area contributed by atoms with Crippen LogP contribution in [0.4, 0.5) is 15.9 Å². The maximum atomic E-state index is 13.5. The zero-order valence-corrected chi connectivity index (χ0v) is 10.4. The second kappa shape index (κ2) is 5.21. The van der Waals surface area contributed by atoms with Crippen molar-refractivity contribution in [1.29, 1.82) is 5.26 Å². The molecule has 2 aromatic rings. The van der Waals surface area contributed by atoms with E-state index in [1.54, 1.807) is 0 Å². The van der Waals surface area contributed by atoms with E-state index in [-0.39, 0.29) is 22.1 Å². The Bertz CT molecular complexity index is 638. The van der Waals surface area contributed by atoms with E-state index in [0.29, 0.717) is 5.02 Å². The van der Waals surface area contributed by atoms with Gasteiger partial charge in [-0.3, -0.25) is 0 Å². The van der Waals surface area contributed by atoms with Gasteiger partial charge in [-0.1, -0.05) is 23.2 Å². The second-order valence-electron chi connectivity index (χ2n) is 3.38. The van der Waals surface area contributed by atoms with Crippen LogP contribution in [0.5, 0.6) is 0 Å². The fraction of sp³-hybridized carbons (Fsp3) is 0. The number of nitrogens with one attached hydrogen (secondary N) is 1. The number of rotatable bonds is 2. The quantitative estimate of drug-likeness (QED) is 0.900. The van der Waals surface area contributed by atoms with Crippen molar-refractivity contribution >= 4 is 34.7 Å². The van der Waals surface area contributed by atoms with Gasteiger partial charge in [0, 0.05) is 11.2 Å². The Labute approximate surface area is 113 Å². The molecule has 1 aromatic heterocycles. The van der Waals surface area contributed by atoms with Crippen LogP contribution in [0.1, 0.15) is 5.56 Å². The first-order valence-electron chi connectivity index (χ1n) is 4.88. The van der Waals surface area contributed by atoms with Gasteiger partial charge >= 0.3 is 0 Å². The molecule has 18 heavy (non-hydrogen) atoms. The van der Waals surface area contributed by atoms with Gasteiger partial charge in [0.1, 0.15) is 16.9 Å². The van der Waals surface area contributed by atoms with Crippen LogP contribution in [0.2, 0.25) is 10.0 Å². The molecule has 0 fully saturated rings. The molecule has 0 bridgehead atoms. The number of pyridine rings is 1. The van der Waals surface area contributed by atoms with E-state index in [9.17, 15) is 4.39 Å². The molecule has 0 atom stereocenters. The molecule has 0 aliphatic carbocycles. The maximum absolute atomic E-state index is 13.5. The third kappa shape index (κ3) is 2.53. The van der Waals surface area contributed by atoms with Gasteiger partial charge in [-0.05, 0) is 24.3 Å². The molecule has 1 aromatic carbocycles. The van der Waals surface area contributed by atoms with Crippen molar-refractivity contribution in [2.75, 3.05) is 5.32 Å². The van der Waals surface area contributed by atoms with E-state index in [2.05, 4.69) is 10.3 Å². The van der Waals surface area contributed by atoms with Crippen molar-refractivity contribution in [2.24, 2.45) is 0 Å². The Kier molecular flexibility index (Phi) is 3.66. The fourth-order valence-electron chi connectivity index (χ4n) is 1.34. The fourth-order valence-corrected chi connectivity index (χ4v) is 1.71. The standard InChI is InChI=1S/C12H6Cl2FN3/c13-8-1-2-9(15)10(5-8)18-12-11(14)7(6-16)3-4-17-12/h1-5H,(H,17,18). The van der Waals surface area contributed by atoms with Gasteiger partial charge in [-0.25, -0.2) is 9.37 Å². The summed E-state index contributed by atoms with van der Waals surface area (Å²) in [6, 6.07) is 7.46. The summed E-state index contributed by atoms with van der Waals surface area (Å²) in [6.45, 7) is 0. The van der Waals surface area contributed by atoms with Gasteiger partial charge < -0.3 is 5.32 Å². The zero-order valence-electron chi connectivity index (χ0n) is 8.92. The number of hydrogen-bond acceptors (Lipinski definition) is 3. The van der Waals surface area contributed by atoms with E-state index in [4.69, 9.17) is 28.5 Å². The van der Waals surface area contributed by atoms with Crippen LogP contribution in [0, 0.1) is 17.1 Å². The van der Waals surface area contributed by atoms with E-state index in [0.717, 1.165) is 0 Å². The summed E-state index contributed by atoms with van der Waals surface area (Å²) in [5, 5.41) is 12.0. The van der Waals surface area contributed by atoms with E-state index in [1.807, 2.05) is 6.07 Å². The summed E-state index contributed by atoms with van der Waals surface area (Å²) in [6.07, 6.45) is 1.41. The first kappa shape index (κ1) is 12.6. The summed E-state index contributed by atoms with van der Waals surface area (Å²) < 4.78 is 13.5. The molecule has 6 heteroatoms. The minimum absolute atomic E-state index is 0.138. The molecule has 1 N–H and O–H groups in total. The highest BCUT2D eigenvalue weighted by atomic mass is 35.5. The minimum Gasteiger partial charge on any atom is -0.337 e. The van der Waals surface area contributed by atoms with E-state index < -0.39 is 5.82 Å². The number of nitrogens with zero attached hydrogens (tertiary/aromatic N) is 2. The Morgan fingerprint density at radius 2 is 2.06 bits per heavy atom. The summed E-state index contributed by atoms with van der Waals surface area (Å²) in [5.41, 5.74) is 0.406. The number of anilines is 2. The second-order valence-corrected chi connectivity index (χ2v) is 4.20. The molecule has 0 amide bonds. The monoisotopic (exact) mass is 281 g/mol. The van der Waals surface area contributed by atoms with Crippen LogP contribution in [-0.4, -0.2) is 4.98 Å². The van der Waals surface area contributed by atoms with Crippen molar-refractivity contribution in [3.05, 3.63) is 51.9 Å². The SMILES string of the molecule is N#Cc1ccnc(Nc2cc(Cl)ccc2F)c1Cl. The van der Waals surface area contributed by atoms with E-state index in [1.165, 1.54) is 30.5 Å². The van der Waals surface area contributed by atoms with Crippen LogP contribution in [0.15, 0.2) is 30.5 Å². The smallest absolute Gasteiger partial charge is 0.150 e. The van der Waals surface area contributed by atoms with Crippen molar-refractivity contribution in [3.8, 4) is 6.07 Å². The molecule has 3 nitrogen and oxygen atoms in total. The molecule has 0 unspecified atom stereocenters. The first-order valence-corrected chi connectivity index (χ1v) is 5.64. The van der Waals surface area contributed by atoms with Crippen molar-refractivity contribution < 1.29 is 4.39 Å². The Morgan fingerprint density at radius 1 is 1.28 bits per heavy atom. The molecule has 2 rings (SSSR count). The van der Waals surface area contributed by atoms with Gasteiger partial charge in [-0.2, -0.15) is 5.26 Å². The van der Waals surface area contributed by atoms with Gasteiger partial charge in [0.05, 0.1) is 11.3 Å². The Hall–Kier alpha value is -1.83. The highest BCUT2D eigenvalue weighted by Gasteiger charge is 2.10. The molecule has 0 spiro atoms. The summed E-state index contributed by atoms with van der Waals surface area (Å²) >= 11 is 11.7. The highest BCUT2D eigenvalue weighted by molar-refractivity contribution is 6.34. The summed E-state index contributed by atoms with van der Waals surface area (Å²) in [5.74, 6) is -0.281. The average Bonchev–Trinajstić information content (AvgIpc) is 2.36. The predicted octanol–water partition coefficient (Wildman–Crippen LogP) is 4.14. The van der Waals surface area contributed by atoms with Crippen LogP contribution < -0.4 is 5.32 Å². The van der Waals surface area contributed by atoms with Crippen LogP contribution >= 0.6 is 23.2 Å². The normalized spacial score (nSPS) is 9.89. The molecule has 0 radical (unpaired) electrons. The lowest BCUT2D eigenvalue weighted by Gasteiger charge is -2.09. The predicted molar refractivity (Wildman–Crippen MR) is 68.7 cm³/mol. The zero-order chi connectivity index (χ0) is 13.1. The van der Waals surface area contributed by atoms with Gasteiger partial charge in [0.15, 0.2) is 5.82 Å². The number of aromatic nitrogens is 1. The molecule has 0 aliphatic rings. The van der Waals surface area contributed by atoms with Gasteiger partial charge in [0.25, 0.3) is 0 Å². The molecular formula is C12H6Cl2FN3. The van der Waals surface area contributed by atoms with Crippen LogP contribution in [0.3, 0.4) is 0 Å². The van der Waals surface area contributed by atoms with Gasteiger partial charge in [0.2, 0.25) is 0 Å². The van der Waals surface area contributed by atoms with Crippen LogP contribution in [0.25, 0.3) is 0 Å². The number of benzene rings is 1. The number of hydrogen-bond donors (Lipinski definition) is 1. The lowest BCUT2D eigenvalue weighted by atomic mass is 10.2. The van der Waals surface area contributed by atoms with E-state index >= 15 is 0 Å². The Balaban J connectivity index is 2.41. The average molecular weight is 282 g/mol. The number of halogens is 3. The molecule has 0 saturated heterocycles. The minimum atomic E-state index is -0.486. The topological polar surface area (TPSA) is 48.7 Å². The maximum Gasteiger partial charge on any atom is 0.150 e. The van der Waals surface area contributed by atoms with Crippen molar-refractivity contribution in [1.82, 2.24) is 4.98 Å². The largest absolute Gasteiger partial charge is 0.337 e. The molecule has 90 valence electrons. The Morgan fingerprint density at radius 3 is 2.78 bits per heavy atom. The highest BCUT2D eigenvalue weighted by Crippen LogP contribution is 2.28. The molecule has 0 aliphatic heterocycles.